The Morgan fingerprint density at radius 1 is 1.35 bits per heavy atom. The van der Waals surface area contributed by atoms with Crippen molar-refractivity contribution in [3.8, 4) is 5.75 Å². The lowest BCUT2D eigenvalue weighted by atomic mass is 10.1. The average molecular weight is 239 g/mol. The van der Waals surface area contributed by atoms with Gasteiger partial charge in [-0.1, -0.05) is 12.1 Å². The predicted molar refractivity (Wildman–Crippen MR) is 67.3 cm³/mol. The number of hydrogen-bond acceptors (Lipinski definition) is 4. The summed E-state index contributed by atoms with van der Waals surface area (Å²) in [7, 11) is 3.23. The number of aliphatic hydroxyl groups is 1. The van der Waals surface area contributed by atoms with Gasteiger partial charge >= 0.3 is 0 Å². The fourth-order valence-corrected chi connectivity index (χ4v) is 1.59. The van der Waals surface area contributed by atoms with Crippen LogP contribution in [0.2, 0.25) is 0 Å². The van der Waals surface area contributed by atoms with Gasteiger partial charge in [-0.2, -0.15) is 0 Å². The normalized spacial score (nSPS) is 14.4. The first-order valence-electron chi connectivity index (χ1n) is 5.71. The van der Waals surface area contributed by atoms with Gasteiger partial charge in [0.25, 0.3) is 0 Å². The molecule has 17 heavy (non-hydrogen) atoms. The number of nitrogens with one attached hydrogen (secondary N) is 1. The topological polar surface area (TPSA) is 50.7 Å². The minimum Gasteiger partial charge on any atom is -0.497 e. The molecule has 0 heterocycles. The average Bonchev–Trinajstić information content (AvgIpc) is 2.36. The van der Waals surface area contributed by atoms with Crippen LogP contribution in [-0.4, -0.2) is 38.6 Å². The molecule has 0 fully saturated rings. The molecule has 0 aliphatic rings. The van der Waals surface area contributed by atoms with Gasteiger partial charge < -0.3 is 19.9 Å². The number of ether oxygens (including phenoxy) is 2. The Bertz CT molecular complexity index is 330. The van der Waals surface area contributed by atoms with E-state index in [1.165, 1.54) is 0 Å². The summed E-state index contributed by atoms with van der Waals surface area (Å²) in [6.45, 7) is 2.90. The Morgan fingerprint density at radius 3 is 2.76 bits per heavy atom. The molecule has 0 radical (unpaired) electrons. The first kappa shape index (κ1) is 14.0. The molecule has 4 heteroatoms. The Balaban J connectivity index is 2.48. The van der Waals surface area contributed by atoms with Crippen molar-refractivity contribution in [3.63, 3.8) is 0 Å². The van der Waals surface area contributed by atoms with E-state index >= 15 is 0 Å². The molecule has 1 aromatic carbocycles. The van der Waals surface area contributed by atoms with E-state index in [-0.39, 0.29) is 6.04 Å². The minimum absolute atomic E-state index is 0.164. The van der Waals surface area contributed by atoms with E-state index in [0.717, 1.165) is 11.3 Å². The lowest BCUT2D eigenvalue weighted by Gasteiger charge is -2.17. The highest BCUT2D eigenvalue weighted by molar-refractivity contribution is 5.30. The van der Waals surface area contributed by atoms with E-state index in [1.54, 1.807) is 14.2 Å². The van der Waals surface area contributed by atoms with Gasteiger partial charge in [0.15, 0.2) is 0 Å². The summed E-state index contributed by atoms with van der Waals surface area (Å²) in [6, 6.07) is 8.05. The molecule has 1 aromatic rings. The lowest BCUT2D eigenvalue weighted by Crippen LogP contribution is -2.31. The first-order chi connectivity index (χ1) is 8.17. The SMILES string of the molecule is COCC(O)CN[C@H](C)c1cccc(OC)c1. The molecule has 0 saturated heterocycles. The maximum absolute atomic E-state index is 9.53. The van der Waals surface area contributed by atoms with Crippen LogP contribution in [0, 0.1) is 0 Å². The third kappa shape index (κ3) is 4.73. The second-order valence-corrected chi connectivity index (χ2v) is 4.02. The molecule has 0 aliphatic carbocycles. The van der Waals surface area contributed by atoms with Gasteiger partial charge in [-0.3, -0.25) is 0 Å². The van der Waals surface area contributed by atoms with E-state index in [9.17, 15) is 5.11 Å². The highest BCUT2D eigenvalue weighted by atomic mass is 16.5. The number of benzene rings is 1. The van der Waals surface area contributed by atoms with E-state index in [2.05, 4.69) is 5.32 Å². The maximum atomic E-state index is 9.53. The van der Waals surface area contributed by atoms with Crippen molar-refractivity contribution in [3.05, 3.63) is 29.8 Å². The summed E-state index contributed by atoms with van der Waals surface area (Å²) in [5.74, 6) is 0.841. The van der Waals surface area contributed by atoms with Crippen LogP contribution in [0.5, 0.6) is 5.75 Å². The molecule has 0 aromatic heterocycles. The van der Waals surface area contributed by atoms with Crippen LogP contribution in [0.15, 0.2) is 24.3 Å². The molecule has 4 nitrogen and oxygen atoms in total. The van der Waals surface area contributed by atoms with Crippen molar-refractivity contribution in [2.45, 2.75) is 19.1 Å². The molecule has 0 amide bonds. The largest absolute Gasteiger partial charge is 0.497 e. The molecule has 1 rings (SSSR count). The van der Waals surface area contributed by atoms with Gasteiger partial charge in [0.1, 0.15) is 5.75 Å². The van der Waals surface area contributed by atoms with Crippen molar-refractivity contribution < 1.29 is 14.6 Å². The van der Waals surface area contributed by atoms with Gasteiger partial charge in [0, 0.05) is 19.7 Å². The standard InChI is InChI=1S/C13H21NO3/c1-10(14-8-12(15)9-16-2)11-5-4-6-13(7-11)17-3/h4-7,10,12,14-15H,8-9H2,1-3H3/t10-,12?/m1/s1. The zero-order valence-corrected chi connectivity index (χ0v) is 10.6. The third-order valence-electron chi connectivity index (χ3n) is 2.61. The Labute approximate surface area is 103 Å². The smallest absolute Gasteiger partial charge is 0.119 e. The number of methoxy groups -OCH3 is 2. The van der Waals surface area contributed by atoms with E-state index in [0.29, 0.717) is 13.2 Å². The molecule has 0 aliphatic heterocycles. The van der Waals surface area contributed by atoms with Crippen molar-refractivity contribution in [2.75, 3.05) is 27.4 Å². The summed E-state index contributed by atoms with van der Waals surface area (Å²) in [4.78, 5) is 0. The minimum atomic E-state index is -0.479. The third-order valence-corrected chi connectivity index (χ3v) is 2.61. The van der Waals surface area contributed by atoms with E-state index in [1.807, 2.05) is 31.2 Å². The highest BCUT2D eigenvalue weighted by Gasteiger charge is 2.09. The van der Waals surface area contributed by atoms with Crippen molar-refractivity contribution in [1.29, 1.82) is 0 Å². The lowest BCUT2D eigenvalue weighted by molar-refractivity contribution is 0.0630. The Morgan fingerprint density at radius 2 is 2.12 bits per heavy atom. The van der Waals surface area contributed by atoms with Crippen molar-refractivity contribution >= 4 is 0 Å². The van der Waals surface area contributed by atoms with Gasteiger partial charge in [-0.05, 0) is 24.6 Å². The number of rotatable bonds is 7. The number of hydrogen-bond donors (Lipinski definition) is 2. The van der Waals surface area contributed by atoms with Crippen molar-refractivity contribution in [2.24, 2.45) is 0 Å². The molecular formula is C13H21NO3. The Hall–Kier alpha value is -1.10. The molecular weight excluding hydrogens is 218 g/mol. The second-order valence-electron chi connectivity index (χ2n) is 4.02. The van der Waals surface area contributed by atoms with Gasteiger partial charge in [0.05, 0.1) is 19.8 Å². The summed E-state index contributed by atoms with van der Waals surface area (Å²) >= 11 is 0. The van der Waals surface area contributed by atoms with E-state index < -0.39 is 6.10 Å². The zero-order valence-electron chi connectivity index (χ0n) is 10.6. The van der Waals surface area contributed by atoms with Crippen LogP contribution in [-0.2, 0) is 4.74 Å². The predicted octanol–water partition coefficient (Wildman–Crippen LogP) is 1.35. The monoisotopic (exact) mass is 239 g/mol. The van der Waals surface area contributed by atoms with Gasteiger partial charge in [-0.15, -0.1) is 0 Å². The van der Waals surface area contributed by atoms with Crippen LogP contribution in [0.4, 0.5) is 0 Å². The molecule has 96 valence electrons. The Kier molecular flexibility index (Phi) is 5.97. The summed E-state index contributed by atoms with van der Waals surface area (Å²) < 4.78 is 10.0. The van der Waals surface area contributed by atoms with Crippen LogP contribution >= 0.6 is 0 Å². The molecule has 0 spiro atoms. The van der Waals surface area contributed by atoms with Crippen LogP contribution < -0.4 is 10.1 Å². The molecule has 0 bridgehead atoms. The fraction of sp³-hybridized carbons (Fsp3) is 0.538. The van der Waals surface area contributed by atoms with E-state index in [4.69, 9.17) is 9.47 Å². The molecule has 2 atom stereocenters. The highest BCUT2D eigenvalue weighted by Crippen LogP contribution is 2.18. The first-order valence-corrected chi connectivity index (χ1v) is 5.71. The molecule has 2 N–H and O–H groups in total. The summed E-state index contributed by atoms with van der Waals surface area (Å²) in [5, 5.41) is 12.8. The van der Waals surface area contributed by atoms with Crippen LogP contribution in [0.3, 0.4) is 0 Å². The van der Waals surface area contributed by atoms with Crippen LogP contribution in [0.25, 0.3) is 0 Å². The molecule has 0 saturated carbocycles. The zero-order chi connectivity index (χ0) is 12.7. The fourth-order valence-electron chi connectivity index (χ4n) is 1.59. The van der Waals surface area contributed by atoms with Gasteiger partial charge in [-0.25, -0.2) is 0 Å². The second kappa shape index (κ2) is 7.27. The number of aliphatic hydroxyl groups excluding tert-OH is 1. The quantitative estimate of drug-likeness (QED) is 0.754. The van der Waals surface area contributed by atoms with Crippen molar-refractivity contribution in [1.82, 2.24) is 5.32 Å². The van der Waals surface area contributed by atoms with Gasteiger partial charge in [0.2, 0.25) is 0 Å². The summed E-state index contributed by atoms with van der Waals surface area (Å²) in [6.07, 6.45) is -0.479. The van der Waals surface area contributed by atoms with Crippen LogP contribution in [0.1, 0.15) is 18.5 Å². The summed E-state index contributed by atoms with van der Waals surface area (Å²) in [5.41, 5.74) is 1.13. The molecule has 1 unspecified atom stereocenters. The maximum Gasteiger partial charge on any atom is 0.119 e.